The lowest BCUT2D eigenvalue weighted by Gasteiger charge is -2.33. The number of likely N-dealkylation sites (N-methyl/N-ethyl adjacent to an activating group) is 1. The number of hydrogen-bond acceptors (Lipinski definition) is 2. The van der Waals surface area contributed by atoms with E-state index in [1.54, 1.807) is 4.90 Å². The number of hydrogen-bond donors (Lipinski definition) is 4. The van der Waals surface area contributed by atoms with Crippen LogP contribution in [0.1, 0.15) is 28.3 Å². The lowest BCUT2D eigenvalue weighted by molar-refractivity contribution is -1.02. The molecule has 2 aromatic carbocycles. The van der Waals surface area contributed by atoms with Crippen LogP contribution >= 0.6 is 0 Å². The summed E-state index contributed by atoms with van der Waals surface area (Å²) in [6, 6.07) is 14.3. The molecule has 1 heterocycles. The molecule has 4 N–H and O–H groups in total. The Labute approximate surface area is 179 Å². The normalized spacial score (nSPS) is 19.7. The van der Waals surface area contributed by atoms with Crippen molar-refractivity contribution in [2.45, 2.75) is 26.8 Å². The van der Waals surface area contributed by atoms with Gasteiger partial charge in [0.1, 0.15) is 32.2 Å². The third kappa shape index (κ3) is 5.46. The standard InChI is InChI=1S/C24H32N4O2/c1-17-8-10-20(11-9-17)22(28-14-12-27(4)13-15-28)16-25-23(29)24(30)26-21-7-5-6-18(2)19(21)3/h5-11,22H,12-16H2,1-4H3,(H,25,29)(H,26,30)/p+2/t22-/m0/s1. The molecule has 1 atom stereocenters. The number of quaternary nitrogens is 2. The van der Waals surface area contributed by atoms with Gasteiger partial charge in [0.2, 0.25) is 0 Å². The average Bonchev–Trinajstić information content (AvgIpc) is 2.73. The zero-order valence-corrected chi connectivity index (χ0v) is 18.5. The van der Waals surface area contributed by atoms with Gasteiger partial charge >= 0.3 is 11.8 Å². The molecule has 0 saturated carbocycles. The van der Waals surface area contributed by atoms with Crippen LogP contribution in [-0.4, -0.2) is 51.6 Å². The topological polar surface area (TPSA) is 67.1 Å². The Kier molecular flexibility index (Phi) is 7.24. The Balaban J connectivity index is 1.66. The molecule has 0 unspecified atom stereocenters. The van der Waals surface area contributed by atoms with Crippen LogP contribution in [0.25, 0.3) is 0 Å². The lowest BCUT2D eigenvalue weighted by atomic mass is 10.0. The van der Waals surface area contributed by atoms with Gasteiger partial charge in [-0.15, -0.1) is 0 Å². The second-order valence-electron chi connectivity index (χ2n) is 8.49. The van der Waals surface area contributed by atoms with Crippen molar-refractivity contribution in [1.82, 2.24) is 5.32 Å². The third-order valence-electron chi connectivity index (χ3n) is 6.24. The molecule has 6 heteroatoms. The van der Waals surface area contributed by atoms with Crippen LogP contribution in [0.3, 0.4) is 0 Å². The molecular formula is C24H34N4O2+2. The fourth-order valence-electron chi connectivity index (χ4n) is 3.98. The van der Waals surface area contributed by atoms with Gasteiger partial charge in [-0.05, 0) is 38.0 Å². The van der Waals surface area contributed by atoms with Crippen molar-refractivity contribution in [3.05, 3.63) is 64.7 Å². The molecule has 0 spiro atoms. The predicted molar refractivity (Wildman–Crippen MR) is 119 cm³/mol. The van der Waals surface area contributed by atoms with Crippen molar-refractivity contribution in [2.75, 3.05) is 45.1 Å². The maximum atomic E-state index is 12.5. The molecule has 30 heavy (non-hydrogen) atoms. The highest BCUT2D eigenvalue weighted by Gasteiger charge is 2.30. The Morgan fingerprint density at radius 1 is 0.933 bits per heavy atom. The Bertz CT molecular complexity index is 887. The van der Waals surface area contributed by atoms with Gasteiger partial charge in [-0.2, -0.15) is 0 Å². The number of carbonyl (C=O) groups excluding carboxylic acids is 2. The van der Waals surface area contributed by atoms with E-state index in [0.29, 0.717) is 12.2 Å². The fourth-order valence-corrected chi connectivity index (χ4v) is 3.98. The van der Waals surface area contributed by atoms with Gasteiger partial charge in [-0.1, -0.05) is 42.0 Å². The SMILES string of the molecule is Cc1ccc([C@H](CNC(=O)C(=O)Nc2cccc(C)c2C)[NH+]2CC[NH+](C)CC2)cc1. The van der Waals surface area contributed by atoms with Crippen molar-refractivity contribution >= 4 is 17.5 Å². The first-order chi connectivity index (χ1) is 14.3. The third-order valence-corrected chi connectivity index (χ3v) is 6.24. The summed E-state index contributed by atoms with van der Waals surface area (Å²) in [5.74, 6) is -1.21. The minimum Gasteiger partial charge on any atom is -0.341 e. The molecule has 0 aromatic heterocycles. The zero-order valence-electron chi connectivity index (χ0n) is 18.5. The molecule has 0 radical (unpaired) electrons. The first-order valence-corrected chi connectivity index (χ1v) is 10.7. The molecular weight excluding hydrogens is 376 g/mol. The van der Waals surface area contributed by atoms with Crippen molar-refractivity contribution in [3.8, 4) is 0 Å². The maximum Gasteiger partial charge on any atom is 0.313 e. The van der Waals surface area contributed by atoms with Crippen LogP contribution in [0.5, 0.6) is 0 Å². The second-order valence-corrected chi connectivity index (χ2v) is 8.49. The highest BCUT2D eigenvalue weighted by Crippen LogP contribution is 2.17. The zero-order chi connectivity index (χ0) is 21.7. The van der Waals surface area contributed by atoms with E-state index in [-0.39, 0.29) is 6.04 Å². The number of rotatable bonds is 5. The van der Waals surface area contributed by atoms with Crippen molar-refractivity contribution in [3.63, 3.8) is 0 Å². The summed E-state index contributed by atoms with van der Waals surface area (Å²) < 4.78 is 0. The van der Waals surface area contributed by atoms with Gasteiger partial charge < -0.3 is 20.4 Å². The van der Waals surface area contributed by atoms with Crippen LogP contribution in [0, 0.1) is 20.8 Å². The highest BCUT2D eigenvalue weighted by atomic mass is 16.2. The molecule has 1 saturated heterocycles. The first-order valence-electron chi connectivity index (χ1n) is 10.7. The predicted octanol–water partition coefficient (Wildman–Crippen LogP) is -0.179. The number of carbonyl (C=O) groups is 2. The molecule has 6 nitrogen and oxygen atoms in total. The van der Waals surface area contributed by atoms with Crippen molar-refractivity contribution in [1.29, 1.82) is 0 Å². The number of anilines is 1. The molecule has 2 amide bonds. The largest absolute Gasteiger partial charge is 0.341 e. The van der Waals surface area contributed by atoms with Crippen LogP contribution in [0.2, 0.25) is 0 Å². The van der Waals surface area contributed by atoms with Crippen LogP contribution in [-0.2, 0) is 9.59 Å². The van der Waals surface area contributed by atoms with E-state index in [1.165, 1.54) is 16.0 Å². The summed E-state index contributed by atoms with van der Waals surface area (Å²) in [6.07, 6.45) is 0. The molecule has 160 valence electrons. The Hall–Kier alpha value is -2.70. The lowest BCUT2D eigenvalue weighted by Crippen LogP contribution is -3.27. The quantitative estimate of drug-likeness (QED) is 0.517. The number of nitrogens with one attached hydrogen (secondary N) is 4. The molecule has 0 aliphatic carbocycles. The van der Waals surface area contributed by atoms with E-state index in [4.69, 9.17) is 0 Å². The number of amides is 2. The monoisotopic (exact) mass is 410 g/mol. The Morgan fingerprint density at radius 2 is 1.60 bits per heavy atom. The minimum absolute atomic E-state index is 0.135. The van der Waals surface area contributed by atoms with Crippen LogP contribution < -0.4 is 20.4 Å². The van der Waals surface area contributed by atoms with E-state index < -0.39 is 11.8 Å². The van der Waals surface area contributed by atoms with Gasteiger partial charge in [0, 0.05) is 11.3 Å². The van der Waals surface area contributed by atoms with Gasteiger partial charge in [0.15, 0.2) is 0 Å². The molecule has 0 bridgehead atoms. The van der Waals surface area contributed by atoms with E-state index >= 15 is 0 Å². The van der Waals surface area contributed by atoms with Gasteiger partial charge in [0.25, 0.3) is 0 Å². The average molecular weight is 411 g/mol. The maximum absolute atomic E-state index is 12.5. The van der Waals surface area contributed by atoms with Crippen molar-refractivity contribution < 1.29 is 19.4 Å². The van der Waals surface area contributed by atoms with E-state index in [9.17, 15) is 9.59 Å². The van der Waals surface area contributed by atoms with Gasteiger partial charge in [0.05, 0.1) is 13.6 Å². The molecule has 2 aromatic rings. The van der Waals surface area contributed by atoms with E-state index in [1.807, 2.05) is 32.0 Å². The van der Waals surface area contributed by atoms with Gasteiger partial charge in [-0.25, -0.2) is 0 Å². The molecule has 1 aliphatic heterocycles. The number of piperazine rings is 1. The number of aryl methyl sites for hydroxylation is 2. The molecule has 1 aliphatic rings. The fraction of sp³-hybridized carbons (Fsp3) is 0.417. The smallest absolute Gasteiger partial charge is 0.313 e. The summed E-state index contributed by atoms with van der Waals surface area (Å²) in [4.78, 5) is 28.0. The summed E-state index contributed by atoms with van der Waals surface area (Å²) in [7, 11) is 2.22. The minimum atomic E-state index is -0.621. The summed E-state index contributed by atoms with van der Waals surface area (Å²) >= 11 is 0. The van der Waals surface area contributed by atoms with Crippen LogP contribution in [0.15, 0.2) is 42.5 Å². The number of benzene rings is 2. The van der Waals surface area contributed by atoms with E-state index in [2.05, 4.69) is 48.9 Å². The molecule has 3 rings (SSSR count). The first kappa shape index (κ1) is 22.0. The Morgan fingerprint density at radius 3 is 2.27 bits per heavy atom. The summed E-state index contributed by atoms with van der Waals surface area (Å²) in [5.41, 5.74) is 5.14. The second kappa shape index (κ2) is 9.87. The van der Waals surface area contributed by atoms with Crippen LogP contribution in [0.4, 0.5) is 5.69 Å². The van der Waals surface area contributed by atoms with E-state index in [0.717, 1.165) is 37.3 Å². The molecule has 1 fully saturated rings. The highest BCUT2D eigenvalue weighted by molar-refractivity contribution is 6.39. The van der Waals surface area contributed by atoms with Crippen molar-refractivity contribution in [2.24, 2.45) is 0 Å². The van der Waals surface area contributed by atoms with Gasteiger partial charge in [-0.3, -0.25) is 9.59 Å². The summed E-state index contributed by atoms with van der Waals surface area (Å²) in [5, 5.41) is 5.63. The summed E-state index contributed by atoms with van der Waals surface area (Å²) in [6.45, 7) is 10.8.